The summed E-state index contributed by atoms with van der Waals surface area (Å²) in [5.41, 5.74) is -1.92. The Hall–Kier alpha value is -3.85. The first-order chi connectivity index (χ1) is 24.2. The zero-order chi connectivity index (χ0) is 38.1. The molecule has 5 rings (SSSR count). The number of halogens is 4. The van der Waals surface area contributed by atoms with Crippen LogP contribution in [0, 0.1) is 11.3 Å². The van der Waals surface area contributed by atoms with Crippen LogP contribution in [0.4, 0.5) is 18.0 Å². The molecule has 2 fully saturated rings. The van der Waals surface area contributed by atoms with Crippen molar-refractivity contribution in [1.82, 2.24) is 24.4 Å². The number of hydrogen-bond donors (Lipinski definition) is 1. The number of carbonyl (C=O) groups excluding carboxylic acids is 2. The summed E-state index contributed by atoms with van der Waals surface area (Å²) < 4.78 is 80.2. The summed E-state index contributed by atoms with van der Waals surface area (Å²) in [5, 5.41) is 3.87. The number of aromatic nitrogens is 3. The Kier molecular flexibility index (Phi) is 11.3. The molecule has 0 spiro atoms. The average Bonchev–Trinajstić information content (AvgIpc) is 3.58. The van der Waals surface area contributed by atoms with E-state index in [4.69, 9.17) is 21.1 Å². The van der Waals surface area contributed by atoms with Gasteiger partial charge >= 0.3 is 12.3 Å². The van der Waals surface area contributed by atoms with Crippen molar-refractivity contribution in [3.8, 4) is 11.7 Å². The van der Waals surface area contributed by atoms with Gasteiger partial charge in [0.2, 0.25) is 5.88 Å². The van der Waals surface area contributed by atoms with Crippen LogP contribution >= 0.6 is 11.6 Å². The van der Waals surface area contributed by atoms with Gasteiger partial charge in [0.05, 0.1) is 22.5 Å². The van der Waals surface area contributed by atoms with Crippen molar-refractivity contribution in [3.63, 3.8) is 0 Å². The monoisotopic (exact) mass is 767 g/mol. The lowest BCUT2D eigenvalue weighted by molar-refractivity contribution is -0.190. The summed E-state index contributed by atoms with van der Waals surface area (Å²) in [4.78, 5) is 31.6. The van der Waals surface area contributed by atoms with Crippen LogP contribution in [-0.2, 0) is 21.2 Å². The number of rotatable bonds is 13. The van der Waals surface area contributed by atoms with Crippen molar-refractivity contribution in [2.45, 2.75) is 108 Å². The Labute approximate surface area is 307 Å². The van der Waals surface area contributed by atoms with Gasteiger partial charge < -0.3 is 14.4 Å². The minimum absolute atomic E-state index is 0.0727. The molecule has 3 heterocycles. The molecule has 1 N–H and O–H groups in total. The molecule has 2 amide bonds. The Morgan fingerprint density at radius 1 is 1.08 bits per heavy atom. The van der Waals surface area contributed by atoms with E-state index in [9.17, 15) is 31.2 Å². The summed E-state index contributed by atoms with van der Waals surface area (Å²) in [6.45, 7) is 10.1. The molecule has 1 unspecified atom stereocenters. The number of likely N-dealkylation sites (tertiary alicyclic amines) is 1. The smallest absolute Gasteiger partial charge is 0.410 e. The second-order valence-corrected chi connectivity index (χ2v) is 17.3. The van der Waals surface area contributed by atoms with Gasteiger partial charge in [0.25, 0.3) is 15.9 Å². The standard InChI is InChI=1S/C36H45ClF3N5O6S/c1-33(2,3)51-32(47)44-23-25(22-34(44,4)5)10-7-6-9-24-11-8-12-26(21-24)52(48,49)43-31(46)27-13-14-28(41-30(27)37)45-19-15-29(42-45)50-20-18-35(16-17-35)36(38,39)40/h8,11-15,19,21,25H,6-7,9-10,16-18,20,22-23H2,1-5H3,(H,43,46). The van der Waals surface area contributed by atoms with Gasteiger partial charge in [-0.05, 0) is 115 Å². The number of nitrogens with one attached hydrogen (secondary N) is 1. The molecule has 1 saturated heterocycles. The van der Waals surface area contributed by atoms with Gasteiger partial charge in [0.15, 0.2) is 5.82 Å². The Balaban J connectivity index is 1.11. The first kappa shape index (κ1) is 39.4. The van der Waals surface area contributed by atoms with Crippen molar-refractivity contribution in [2.75, 3.05) is 13.2 Å². The van der Waals surface area contributed by atoms with Crippen LogP contribution in [-0.4, -0.2) is 70.6 Å². The highest BCUT2D eigenvalue weighted by atomic mass is 35.5. The molecule has 0 bridgehead atoms. The molecule has 284 valence electrons. The van der Waals surface area contributed by atoms with E-state index in [-0.39, 0.29) is 64.8 Å². The summed E-state index contributed by atoms with van der Waals surface area (Å²) in [6, 6.07) is 10.5. The molecule has 0 radical (unpaired) electrons. The van der Waals surface area contributed by atoms with Gasteiger partial charge in [-0.15, -0.1) is 5.10 Å². The maximum Gasteiger partial charge on any atom is 0.410 e. The largest absolute Gasteiger partial charge is 0.477 e. The molecule has 16 heteroatoms. The van der Waals surface area contributed by atoms with Gasteiger partial charge in [-0.25, -0.2) is 27.6 Å². The molecule has 11 nitrogen and oxygen atoms in total. The quantitative estimate of drug-likeness (QED) is 0.137. The predicted molar refractivity (Wildman–Crippen MR) is 188 cm³/mol. The van der Waals surface area contributed by atoms with Crippen LogP contribution < -0.4 is 9.46 Å². The predicted octanol–water partition coefficient (Wildman–Crippen LogP) is 7.90. The molecule has 2 aromatic heterocycles. The number of aryl methyl sites for hydroxylation is 1. The van der Waals surface area contributed by atoms with E-state index in [1.165, 1.54) is 41.2 Å². The van der Waals surface area contributed by atoms with E-state index >= 15 is 0 Å². The number of unbranched alkanes of at least 4 members (excludes halogenated alkanes) is 1. The number of hydrogen-bond acceptors (Lipinski definition) is 8. The van der Waals surface area contributed by atoms with Crippen LogP contribution in [0.3, 0.4) is 0 Å². The van der Waals surface area contributed by atoms with Crippen molar-refractivity contribution in [2.24, 2.45) is 11.3 Å². The third-order valence-electron chi connectivity index (χ3n) is 9.50. The Bertz CT molecular complexity index is 1890. The minimum atomic E-state index is -4.27. The third kappa shape index (κ3) is 9.57. The minimum Gasteiger partial charge on any atom is -0.477 e. The summed E-state index contributed by atoms with van der Waals surface area (Å²) >= 11 is 6.28. The maximum atomic E-state index is 13.2. The van der Waals surface area contributed by atoms with Gasteiger partial charge in [-0.1, -0.05) is 30.2 Å². The zero-order valence-electron chi connectivity index (χ0n) is 29.9. The van der Waals surface area contributed by atoms with Crippen LogP contribution in [0.1, 0.15) is 95.5 Å². The second kappa shape index (κ2) is 14.9. The molecule has 2 aliphatic rings. The van der Waals surface area contributed by atoms with Crippen LogP contribution in [0.15, 0.2) is 53.6 Å². The summed E-state index contributed by atoms with van der Waals surface area (Å²) in [5.74, 6) is -0.365. The molecule has 3 aromatic rings. The number of carbonyl (C=O) groups is 2. The molecular weight excluding hydrogens is 723 g/mol. The van der Waals surface area contributed by atoms with E-state index < -0.39 is 33.1 Å². The van der Waals surface area contributed by atoms with E-state index in [1.807, 2.05) is 31.7 Å². The Morgan fingerprint density at radius 3 is 2.46 bits per heavy atom. The third-order valence-corrected chi connectivity index (χ3v) is 11.1. The van der Waals surface area contributed by atoms with E-state index in [2.05, 4.69) is 28.7 Å². The number of alkyl halides is 3. The fourth-order valence-electron chi connectivity index (χ4n) is 6.50. The second-order valence-electron chi connectivity index (χ2n) is 15.3. The number of nitrogens with zero attached hydrogens (tertiary/aromatic N) is 4. The number of ether oxygens (including phenoxy) is 2. The lowest BCUT2D eigenvalue weighted by Crippen LogP contribution is -2.45. The molecule has 52 heavy (non-hydrogen) atoms. The van der Waals surface area contributed by atoms with Gasteiger partial charge in [-0.2, -0.15) is 13.2 Å². The number of sulfonamides is 1. The van der Waals surface area contributed by atoms with E-state index in [0.717, 1.165) is 31.2 Å². The molecule has 1 saturated carbocycles. The lowest BCUT2D eigenvalue weighted by Gasteiger charge is -2.33. The van der Waals surface area contributed by atoms with Gasteiger partial charge in [0, 0.05) is 24.3 Å². The zero-order valence-corrected chi connectivity index (χ0v) is 31.5. The lowest BCUT2D eigenvalue weighted by atomic mass is 9.92. The highest BCUT2D eigenvalue weighted by molar-refractivity contribution is 7.90. The van der Waals surface area contributed by atoms with Crippen LogP contribution in [0.2, 0.25) is 5.15 Å². The SMILES string of the molecule is CC(C)(C)OC(=O)N1CC(CCCCc2cccc(S(=O)(=O)NC(=O)c3ccc(-n4ccc(OCCC5(C(F)(F)F)CC5)n4)nc3Cl)c2)CC1(C)C. The fourth-order valence-corrected chi connectivity index (χ4v) is 7.77. The van der Waals surface area contributed by atoms with Crippen LogP contribution in [0.25, 0.3) is 5.82 Å². The topological polar surface area (TPSA) is 133 Å². The first-order valence-electron chi connectivity index (χ1n) is 17.3. The number of amides is 2. The highest BCUT2D eigenvalue weighted by Gasteiger charge is 2.62. The summed E-state index contributed by atoms with van der Waals surface area (Å²) in [7, 11) is -4.25. The molecule has 1 aliphatic heterocycles. The first-order valence-corrected chi connectivity index (χ1v) is 19.1. The van der Waals surface area contributed by atoms with Gasteiger partial charge in [0.1, 0.15) is 10.8 Å². The van der Waals surface area contributed by atoms with E-state index in [0.29, 0.717) is 18.9 Å². The maximum absolute atomic E-state index is 13.2. The highest BCUT2D eigenvalue weighted by Crippen LogP contribution is 2.59. The Morgan fingerprint density at radius 2 is 1.81 bits per heavy atom. The molecule has 1 aromatic carbocycles. The molecular formula is C36H45ClF3N5O6S. The molecule has 1 aliphatic carbocycles. The van der Waals surface area contributed by atoms with Crippen molar-refractivity contribution >= 4 is 33.6 Å². The fraction of sp³-hybridized carbons (Fsp3) is 0.556. The molecule has 1 atom stereocenters. The van der Waals surface area contributed by atoms with Crippen molar-refractivity contribution < 1.29 is 40.7 Å². The van der Waals surface area contributed by atoms with Crippen molar-refractivity contribution in [1.29, 1.82) is 0 Å². The normalized spacial score (nSPS) is 18.2. The average molecular weight is 768 g/mol. The van der Waals surface area contributed by atoms with E-state index in [1.54, 1.807) is 6.07 Å². The summed E-state index contributed by atoms with van der Waals surface area (Å²) in [6.07, 6.45) is 1.06. The van der Waals surface area contributed by atoms with Crippen molar-refractivity contribution in [3.05, 3.63) is 64.9 Å². The number of pyridine rings is 1. The van der Waals surface area contributed by atoms with Crippen LogP contribution in [0.5, 0.6) is 5.88 Å². The van der Waals surface area contributed by atoms with Gasteiger partial charge in [-0.3, -0.25) is 4.79 Å². The number of benzene rings is 1.